The number of aryl methyl sites for hydroxylation is 1. The minimum absolute atomic E-state index is 0.0837. The molecule has 7 heteroatoms. The van der Waals surface area contributed by atoms with Gasteiger partial charge in [-0.1, -0.05) is 5.10 Å². The molecule has 0 aliphatic carbocycles. The van der Waals surface area contributed by atoms with Gasteiger partial charge in [0.15, 0.2) is 0 Å². The molecule has 0 aromatic carbocycles. The van der Waals surface area contributed by atoms with Gasteiger partial charge in [0.25, 0.3) is 0 Å². The summed E-state index contributed by atoms with van der Waals surface area (Å²) in [6, 6.07) is 0.416. The first-order valence-electron chi connectivity index (χ1n) is 4.54. The number of nitrogens with zero attached hydrogens (tertiary/aromatic N) is 4. The molecule has 1 saturated heterocycles. The first-order chi connectivity index (χ1) is 6.86. The zero-order valence-electron chi connectivity index (χ0n) is 8.01. The van der Waals surface area contributed by atoms with Crippen molar-refractivity contribution in [1.29, 1.82) is 0 Å². The van der Waals surface area contributed by atoms with Gasteiger partial charge in [-0.15, -0.1) is 0 Å². The van der Waals surface area contributed by atoms with Gasteiger partial charge in [0.05, 0.1) is 6.61 Å². The van der Waals surface area contributed by atoms with Crippen molar-refractivity contribution in [3.05, 3.63) is 0 Å². The van der Waals surface area contributed by atoms with Gasteiger partial charge in [-0.05, 0) is 10.4 Å². The molecule has 0 amide bonds. The van der Waals surface area contributed by atoms with Crippen molar-refractivity contribution in [2.24, 2.45) is 7.05 Å². The van der Waals surface area contributed by atoms with Crippen molar-refractivity contribution in [3.8, 4) is 6.01 Å². The molecule has 1 aromatic heterocycles. The summed E-state index contributed by atoms with van der Waals surface area (Å²) in [7, 11) is 1.73. The van der Waals surface area contributed by atoms with Crippen LogP contribution in [-0.2, 0) is 11.8 Å². The zero-order valence-corrected chi connectivity index (χ0v) is 8.01. The molecule has 0 spiro atoms. The lowest BCUT2D eigenvalue weighted by Crippen LogP contribution is -2.41. The molecule has 1 aliphatic heterocycles. The van der Waals surface area contributed by atoms with Crippen LogP contribution in [-0.4, -0.2) is 52.6 Å². The highest BCUT2D eigenvalue weighted by Crippen LogP contribution is 2.02. The topological polar surface area (TPSA) is 74.1 Å². The number of nitrogens with one attached hydrogen (secondary N) is 1. The van der Waals surface area contributed by atoms with E-state index in [0.717, 1.165) is 19.7 Å². The number of ether oxygens (including phenoxy) is 2. The molecule has 14 heavy (non-hydrogen) atoms. The number of rotatable bonds is 3. The van der Waals surface area contributed by atoms with E-state index in [1.807, 2.05) is 0 Å². The number of morpholine rings is 1. The number of hydrogen-bond acceptors (Lipinski definition) is 6. The van der Waals surface area contributed by atoms with Crippen LogP contribution in [0.4, 0.5) is 0 Å². The van der Waals surface area contributed by atoms with E-state index in [9.17, 15) is 0 Å². The molecular weight excluding hydrogens is 186 g/mol. The fourth-order valence-electron chi connectivity index (χ4n) is 1.24. The molecule has 1 aromatic rings. The molecule has 1 unspecified atom stereocenters. The Bertz CT molecular complexity index is 283. The third kappa shape index (κ3) is 2.18. The predicted molar refractivity (Wildman–Crippen MR) is 46.9 cm³/mol. The molecule has 0 bridgehead atoms. The molecule has 1 N–H and O–H groups in total. The Labute approximate surface area is 81.4 Å². The van der Waals surface area contributed by atoms with E-state index in [1.54, 1.807) is 7.05 Å². The van der Waals surface area contributed by atoms with E-state index >= 15 is 0 Å². The molecule has 7 nitrogen and oxygen atoms in total. The minimum Gasteiger partial charge on any atom is -0.460 e. The SMILES string of the molecule is Cn1nnnc1OCC1CNCCO1. The van der Waals surface area contributed by atoms with Gasteiger partial charge in [0.1, 0.15) is 12.7 Å². The highest BCUT2D eigenvalue weighted by atomic mass is 16.5. The van der Waals surface area contributed by atoms with Crippen molar-refractivity contribution in [2.75, 3.05) is 26.3 Å². The molecule has 0 saturated carbocycles. The van der Waals surface area contributed by atoms with Crippen LogP contribution in [0.1, 0.15) is 0 Å². The molecule has 1 atom stereocenters. The van der Waals surface area contributed by atoms with Gasteiger partial charge in [-0.2, -0.15) is 4.68 Å². The first kappa shape index (κ1) is 9.35. The average Bonchev–Trinajstić information content (AvgIpc) is 2.63. The van der Waals surface area contributed by atoms with Crippen LogP contribution in [0.15, 0.2) is 0 Å². The standard InChI is InChI=1S/C7H13N5O2/c1-12-7(9-10-11-12)14-5-6-4-8-2-3-13-6/h6,8H,2-5H2,1H3. The Kier molecular flexibility index (Phi) is 2.90. The van der Waals surface area contributed by atoms with Crippen molar-refractivity contribution in [1.82, 2.24) is 25.5 Å². The smallest absolute Gasteiger partial charge is 0.335 e. The summed E-state index contributed by atoms with van der Waals surface area (Å²) in [5, 5.41) is 14.0. The van der Waals surface area contributed by atoms with Crippen molar-refractivity contribution in [2.45, 2.75) is 6.10 Å². The number of hydrogen-bond donors (Lipinski definition) is 1. The Hall–Kier alpha value is -1.21. The summed E-state index contributed by atoms with van der Waals surface area (Å²) in [5.74, 6) is 0. The van der Waals surface area contributed by atoms with Crippen LogP contribution in [0.3, 0.4) is 0 Å². The van der Waals surface area contributed by atoms with Gasteiger partial charge in [0.2, 0.25) is 0 Å². The zero-order chi connectivity index (χ0) is 9.80. The third-order valence-electron chi connectivity index (χ3n) is 1.98. The molecule has 1 aliphatic rings. The monoisotopic (exact) mass is 199 g/mol. The summed E-state index contributed by atoms with van der Waals surface area (Å²) in [6.07, 6.45) is 0.0837. The van der Waals surface area contributed by atoms with Gasteiger partial charge in [-0.3, -0.25) is 0 Å². The van der Waals surface area contributed by atoms with Gasteiger partial charge in [-0.25, -0.2) is 0 Å². The Morgan fingerprint density at radius 1 is 1.71 bits per heavy atom. The third-order valence-corrected chi connectivity index (χ3v) is 1.98. The molecule has 1 fully saturated rings. The van der Waals surface area contributed by atoms with Crippen molar-refractivity contribution < 1.29 is 9.47 Å². The summed E-state index contributed by atoms with van der Waals surface area (Å²) in [4.78, 5) is 0. The summed E-state index contributed by atoms with van der Waals surface area (Å²) < 4.78 is 12.3. The lowest BCUT2D eigenvalue weighted by Gasteiger charge is -2.22. The van der Waals surface area contributed by atoms with Crippen LogP contribution in [0.25, 0.3) is 0 Å². The second kappa shape index (κ2) is 4.34. The van der Waals surface area contributed by atoms with Crippen LogP contribution >= 0.6 is 0 Å². The van der Waals surface area contributed by atoms with Crippen LogP contribution < -0.4 is 10.1 Å². The second-order valence-corrected chi connectivity index (χ2v) is 3.09. The van der Waals surface area contributed by atoms with Crippen molar-refractivity contribution in [3.63, 3.8) is 0 Å². The maximum Gasteiger partial charge on any atom is 0.335 e. The number of aromatic nitrogens is 4. The second-order valence-electron chi connectivity index (χ2n) is 3.09. The Morgan fingerprint density at radius 3 is 3.29 bits per heavy atom. The molecule has 0 radical (unpaired) electrons. The van der Waals surface area contributed by atoms with E-state index in [1.165, 1.54) is 4.68 Å². The van der Waals surface area contributed by atoms with Crippen LogP contribution in [0.2, 0.25) is 0 Å². The Morgan fingerprint density at radius 2 is 2.64 bits per heavy atom. The van der Waals surface area contributed by atoms with E-state index in [0.29, 0.717) is 12.6 Å². The largest absolute Gasteiger partial charge is 0.460 e. The summed E-state index contributed by atoms with van der Waals surface area (Å²) in [5.41, 5.74) is 0. The Balaban J connectivity index is 1.79. The molecule has 2 heterocycles. The van der Waals surface area contributed by atoms with E-state index < -0.39 is 0 Å². The maximum absolute atomic E-state index is 5.45. The number of tetrazole rings is 1. The highest BCUT2D eigenvalue weighted by molar-refractivity contribution is 4.86. The lowest BCUT2D eigenvalue weighted by atomic mass is 10.3. The highest BCUT2D eigenvalue weighted by Gasteiger charge is 2.15. The van der Waals surface area contributed by atoms with Gasteiger partial charge < -0.3 is 14.8 Å². The maximum atomic E-state index is 5.45. The minimum atomic E-state index is 0.0837. The van der Waals surface area contributed by atoms with Gasteiger partial charge >= 0.3 is 6.01 Å². The van der Waals surface area contributed by atoms with E-state index in [-0.39, 0.29) is 6.10 Å². The lowest BCUT2D eigenvalue weighted by molar-refractivity contribution is -0.00260. The summed E-state index contributed by atoms with van der Waals surface area (Å²) >= 11 is 0. The van der Waals surface area contributed by atoms with Crippen LogP contribution in [0, 0.1) is 0 Å². The summed E-state index contributed by atoms with van der Waals surface area (Å²) in [6.45, 7) is 2.92. The quantitative estimate of drug-likeness (QED) is 0.644. The first-order valence-corrected chi connectivity index (χ1v) is 4.54. The van der Waals surface area contributed by atoms with Crippen LogP contribution in [0.5, 0.6) is 6.01 Å². The van der Waals surface area contributed by atoms with E-state index in [2.05, 4.69) is 20.8 Å². The van der Waals surface area contributed by atoms with E-state index in [4.69, 9.17) is 9.47 Å². The van der Waals surface area contributed by atoms with Gasteiger partial charge in [0, 0.05) is 20.1 Å². The molecule has 78 valence electrons. The average molecular weight is 199 g/mol. The fourth-order valence-corrected chi connectivity index (χ4v) is 1.24. The molecule has 2 rings (SSSR count). The molecular formula is C7H13N5O2. The predicted octanol–water partition coefficient (Wildman–Crippen LogP) is -1.42. The van der Waals surface area contributed by atoms with Crippen molar-refractivity contribution >= 4 is 0 Å². The normalized spacial score (nSPS) is 22.2. The fraction of sp³-hybridized carbons (Fsp3) is 0.857.